The highest BCUT2D eigenvalue weighted by Crippen LogP contribution is 2.36. The van der Waals surface area contributed by atoms with Crippen LogP contribution in [0.25, 0.3) is 0 Å². The first-order valence-electron chi connectivity index (χ1n) is 7.01. The Hall–Kier alpha value is -0.520. The Morgan fingerprint density at radius 3 is 2.71 bits per heavy atom. The summed E-state index contributed by atoms with van der Waals surface area (Å²) >= 11 is 0. The largest absolute Gasteiger partial charge is 0.329 e. The molecule has 0 aromatic carbocycles. The summed E-state index contributed by atoms with van der Waals surface area (Å²) in [4.78, 5) is 0. The molecule has 3 N–H and O–H groups in total. The Kier molecular flexibility index (Phi) is 5.49. The van der Waals surface area contributed by atoms with E-state index in [0.29, 0.717) is 12.5 Å². The maximum Gasteiger partial charge on any atom is 0.0691 e. The average Bonchev–Trinajstić information content (AvgIpc) is 2.32. The molecular formula is C15H28N2. The SMILES string of the molecule is C#CC(CCC)NC1(CN)CCC(C)CC1C. The molecule has 4 atom stereocenters. The fraction of sp³-hybridized carbons (Fsp3) is 0.867. The van der Waals surface area contributed by atoms with E-state index in [1.54, 1.807) is 0 Å². The van der Waals surface area contributed by atoms with Crippen molar-refractivity contribution in [2.24, 2.45) is 17.6 Å². The number of rotatable bonds is 5. The maximum atomic E-state index is 6.04. The van der Waals surface area contributed by atoms with Crippen LogP contribution < -0.4 is 11.1 Å². The van der Waals surface area contributed by atoms with Gasteiger partial charge in [-0.25, -0.2) is 0 Å². The second-order valence-corrected chi connectivity index (χ2v) is 5.79. The maximum absolute atomic E-state index is 6.04. The van der Waals surface area contributed by atoms with Gasteiger partial charge in [-0.3, -0.25) is 5.32 Å². The van der Waals surface area contributed by atoms with Gasteiger partial charge in [0.25, 0.3) is 0 Å². The van der Waals surface area contributed by atoms with E-state index in [0.717, 1.165) is 25.2 Å². The van der Waals surface area contributed by atoms with Crippen LogP contribution in [0, 0.1) is 24.2 Å². The smallest absolute Gasteiger partial charge is 0.0691 e. The quantitative estimate of drug-likeness (QED) is 0.720. The Labute approximate surface area is 107 Å². The number of nitrogens with two attached hydrogens (primary N) is 1. The van der Waals surface area contributed by atoms with Crippen LogP contribution in [-0.4, -0.2) is 18.1 Å². The Bertz CT molecular complexity index is 269. The lowest BCUT2D eigenvalue weighted by atomic mass is 9.69. The van der Waals surface area contributed by atoms with Crippen LogP contribution >= 0.6 is 0 Å². The van der Waals surface area contributed by atoms with E-state index in [-0.39, 0.29) is 11.6 Å². The van der Waals surface area contributed by atoms with Gasteiger partial charge in [-0.1, -0.05) is 33.1 Å². The first-order chi connectivity index (χ1) is 8.07. The highest BCUT2D eigenvalue weighted by molar-refractivity contribution is 5.06. The highest BCUT2D eigenvalue weighted by atomic mass is 15.0. The molecule has 1 aliphatic carbocycles. The van der Waals surface area contributed by atoms with E-state index in [2.05, 4.69) is 32.0 Å². The molecule has 2 nitrogen and oxygen atoms in total. The lowest BCUT2D eigenvalue weighted by molar-refractivity contribution is 0.121. The molecule has 0 aromatic rings. The van der Waals surface area contributed by atoms with Gasteiger partial charge in [0, 0.05) is 12.1 Å². The Morgan fingerprint density at radius 1 is 1.53 bits per heavy atom. The Morgan fingerprint density at radius 2 is 2.24 bits per heavy atom. The van der Waals surface area contributed by atoms with Crippen molar-refractivity contribution in [1.82, 2.24) is 5.32 Å². The summed E-state index contributed by atoms with van der Waals surface area (Å²) < 4.78 is 0. The van der Waals surface area contributed by atoms with E-state index >= 15 is 0 Å². The molecular weight excluding hydrogens is 208 g/mol. The summed E-state index contributed by atoms with van der Waals surface area (Å²) in [5, 5.41) is 3.68. The van der Waals surface area contributed by atoms with Gasteiger partial charge in [-0.05, 0) is 37.5 Å². The van der Waals surface area contributed by atoms with Crippen molar-refractivity contribution in [2.45, 2.75) is 64.5 Å². The van der Waals surface area contributed by atoms with E-state index < -0.39 is 0 Å². The van der Waals surface area contributed by atoms with E-state index in [4.69, 9.17) is 12.2 Å². The van der Waals surface area contributed by atoms with Crippen LogP contribution in [-0.2, 0) is 0 Å². The lowest BCUT2D eigenvalue weighted by Crippen LogP contribution is -2.60. The molecule has 0 aliphatic heterocycles. The standard InChI is InChI=1S/C15H28N2/c1-5-7-14(6-2)17-15(11-16)9-8-12(3)10-13(15)4/h2,12-14,17H,5,7-11,16H2,1,3-4H3. The van der Waals surface area contributed by atoms with Gasteiger partial charge in [0.2, 0.25) is 0 Å². The number of nitrogens with one attached hydrogen (secondary N) is 1. The van der Waals surface area contributed by atoms with Gasteiger partial charge < -0.3 is 5.73 Å². The number of hydrogen-bond acceptors (Lipinski definition) is 2. The summed E-state index contributed by atoms with van der Waals surface area (Å²) in [6, 6.07) is 0.180. The molecule has 0 amide bonds. The first-order valence-corrected chi connectivity index (χ1v) is 7.01. The minimum Gasteiger partial charge on any atom is -0.329 e. The van der Waals surface area contributed by atoms with Crippen LogP contribution in [0.4, 0.5) is 0 Å². The molecule has 2 heteroatoms. The molecule has 0 heterocycles. The Balaban J connectivity index is 2.71. The van der Waals surface area contributed by atoms with Crippen LogP contribution in [0.5, 0.6) is 0 Å². The molecule has 0 spiro atoms. The molecule has 0 aromatic heterocycles. The predicted molar refractivity (Wildman–Crippen MR) is 74.6 cm³/mol. The molecule has 0 radical (unpaired) electrons. The molecule has 1 saturated carbocycles. The highest BCUT2D eigenvalue weighted by Gasteiger charge is 2.39. The monoisotopic (exact) mass is 236 g/mol. The topological polar surface area (TPSA) is 38.0 Å². The van der Waals surface area contributed by atoms with E-state index in [9.17, 15) is 0 Å². The molecule has 17 heavy (non-hydrogen) atoms. The van der Waals surface area contributed by atoms with Crippen LogP contribution in [0.2, 0.25) is 0 Å². The van der Waals surface area contributed by atoms with Gasteiger partial charge in [-0.15, -0.1) is 6.42 Å². The van der Waals surface area contributed by atoms with Crippen LogP contribution in [0.3, 0.4) is 0 Å². The molecule has 1 fully saturated rings. The van der Waals surface area contributed by atoms with Crippen molar-refractivity contribution in [3.63, 3.8) is 0 Å². The molecule has 4 unspecified atom stereocenters. The molecule has 0 saturated heterocycles. The average molecular weight is 236 g/mol. The molecule has 0 bridgehead atoms. The fourth-order valence-corrected chi connectivity index (χ4v) is 3.11. The molecule has 1 aliphatic rings. The normalized spacial score (nSPS) is 35.2. The summed E-state index contributed by atoms with van der Waals surface area (Å²) in [7, 11) is 0. The van der Waals surface area contributed by atoms with Crippen LogP contribution in [0.15, 0.2) is 0 Å². The zero-order valence-corrected chi connectivity index (χ0v) is 11.6. The van der Waals surface area contributed by atoms with Crippen molar-refractivity contribution < 1.29 is 0 Å². The third-order valence-electron chi connectivity index (χ3n) is 4.39. The second kappa shape index (κ2) is 6.42. The van der Waals surface area contributed by atoms with Gasteiger partial charge in [0.1, 0.15) is 0 Å². The summed E-state index contributed by atoms with van der Waals surface area (Å²) in [5.74, 6) is 4.31. The van der Waals surface area contributed by atoms with Crippen LogP contribution in [0.1, 0.15) is 52.9 Å². The van der Waals surface area contributed by atoms with Gasteiger partial charge >= 0.3 is 0 Å². The van der Waals surface area contributed by atoms with E-state index in [1.165, 1.54) is 12.8 Å². The minimum atomic E-state index is 0.0682. The number of hydrogen-bond donors (Lipinski definition) is 2. The molecule has 98 valence electrons. The summed E-state index contributed by atoms with van der Waals surface area (Å²) in [6.07, 6.45) is 11.4. The third kappa shape index (κ3) is 3.47. The predicted octanol–water partition coefficient (Wildman–Crippen LogP) is 2.53. The fourth-order valence-electron chi connectivity index (χ4n) is 3.11. The zero-order chi connectivity index (χ0) is 12.9. The third-order valence-corrected chi connectivity index (χ3v) is 4.39. The first kappa shape index (κ1) is 14.5. The zero-order valence-electron chi connectivity index (χ0n) is 11.6. The minimum absolute atomic E-state index is 0.0682. The summed E-state index contributed by atoms with van der Waals surface area (Å²) in [6.45, 7) is 7.52. The van der Waals surface area contributed by atoms with E-state index in [1.807, 2.05) is 0 Å². The summed E-state index contributed by atoms with van der Waals surface area (Å²) in [5.41, 5.74) is 6.11. The van der Waals surface area contributed by atoms with Crippen molar-refractivity contribution >= 4 is 0 Å². The molecule has 1 rings (SSSR count). The van der Waals surface area contributed by atoms with Crippen molar-refractivity contribution in [2.75, 3.05) is 6.54 Å². The second-order valence-electron chi connectivity index (χ2n) is 5.79. The van der Waals surface area contributed by atoms with Crippen molar-refractivity contribution in [3.8, 4) is 12.3 Å². The van der Waals surface area contributed by atoms with Gasteiger partial charge in [0.15, 0.2) is 0 Å². The van der Waals surface area contributed by atoms with Gasteiger partial charge in [-0.2, -0.15) is 0 Å². The van der Waals surface area contributed by atoms with Crippen molar-refractivity contribution in [1.29, 1.82) is 0 Å². The lowest BCUT2D eigenvalue weighted by Gasteiger charge is -2.46. The van der Waals surface area contributed by atoms with Gasteiger partial charge in [0.05, 0.1) is 6.04 Å². The number of terminal acetylenes is 1. The van der Waals surface area contributed by atoms with Crippen molar-refractivity contribution in [3.05, 3.63) is 0 Å².